The van der Waals surface area contributed by atoms with Crippen molar-refractivity contribution in [3.05, 3.63) is 63.6 Å². The van der Waals surface area contributed by atoms with Gasteiger partial charge in [0.25, 0.3) is 0 Å². The number of phenolic OH excluding ortho intramolecular Hbond substituents is 1. The Morgan fingerprint density at radius 3 is 2.85 bits per heavy atom. The minimum absolute atomic E-state index is 0.0791. The lowest BCUT2D eigenvalue weighted by Gasteiger charge is -2.18. The lowest BCUT2D eigenvalue weighted by atomic mass is 10.1. The van der Waals surface area contributed by atoms with Crippen LogP contribution >= 0.6 is 15.9 Å². The zero-order chi connectivity index (χ0) is 14.1. The second kappa shape index (κ2) is 5.56. The number of rotatable bonds is 3. The first-order valence-corrected chi connectivity index (χ1v) is 7.41. The average Bonchev–Trinajstić information content (AvgIpc) is 2.75. The van der Waals surface area contributed by atoms with Gasteiger partial charge < -0.3 is 15.5 Å². The average molecular weight is 334 g/mol. The highest BCUT2D eigenvalue weighted by Crippen LogP contribution is 2.32. The van der Waals surface area contributed by atoms with Gasteiger partial charge in [0.05, 0.1) is 12.1 Å². The van der Waals surface area contributed by atoms with Crippen molar-refractivity contribution < 1.29 is 10.2 Å². The van der Waals surface area contributed by atoms with Crippen LogP contribution in [-0.2, 0) is 13.0 Å². The Balaban J connectivity index is 1.77. The van der Waals surface area contributed by atoms with Crippen LogP contribution in [0.25, 0.3) is 0 Å². The predicted molar refractivity (Wildman–Crippen MR) is 81.5 cm³/mol. The molecule has 1 aliphatic carbocycles. The van der Waals surface area contributed by atoms with E-state index in [4.69, 9.17) is 0 Å². The van der Waals surface area contributed by atoms with Crippen molar-refractivity contribution in [1.82, 2.24) is 5.32 Å². The van der Waals surface area contributed by atoms with Crippen molar-refractivity contribution in [2.75, 3.05) is 0 Å². The summed E-state index contributed by atoms with van der Waals surface area (Å²) in [6, 6.07) is 13.4. The number of halogens is 1. The maximum absolute atomic E-state index is 10.2. The summed E-state index contributed by atoms with van der Waals surface area (Å²) in [5.74, 6) is 0.265. The largest absolute Gasteiger partial charge is 0.508 e. The standard InChI is InChI=1S/C16H16BrNO2/c17-12-5-6-14(19)11(7-12)9-18-16-13-4-2-1-3-10(13)8-15(16)20/h1-7,15-16,18-20H,8-9H2. The van der Waals surface area contributed by atoms with Crippen molar-refractivity contribution in [3.8, 4) is 5.75 Å². The van der Waals surface area contributed by atoms with Crippen molar-refractivity contribution >= 4 is 15.9 Å². The molecule has 0 aliphatic heterocycles. The zero-order valence-electron chi connectivity index (χ0n) is 10.9. The Morgan fingerprint density at radius 1 is 1.20 bits per heavy atom. The minimum atomic E-state index is -0.415. The second-order valence-electron chi connectivity index (χ2n) is 5.10. The van der Waals surface area contributed by atoms with E-state index in [9.17, 15) is 10.2 Å². The fourth-order valence-electron chi connectivity index (χ4n) is 2.74. The molecule has 3 rings (SSSR count). The summed E-state index contributed by atoms with van der Waals surface area (Å²) in [6.45, 7) is 0.515. The van der Waals surface area contributed by atoms with Crippen molar-refractivity contribution in [2.24, 2.45) is 0 Å². The van der Waals surface area contributed by atoms with Crippen LogP contribution in [-0.4, -0.2) is 16.3 Å². The first-order valence-electron chi connectivity index (χ1n) is 6.62. The molecule has 0 radical (unpaired) electrons. The van der Waals surface area contributed by atoms with E-state index < -0.39 is 6.10 Å². The molecular formula is C16H16BrNO2. The highest BCUT2D eigenvalue weighted by Gasteiger charge is 2.30. The topological polar surface area (TPSA) is 52.5 Å². The molecule has 0 fully saturated rings. The molecule has 0 aromatic heterocycles. The number of benzene rings is 2. The molecule has 0 amide bonds. The molecule has 0 bridgehead atoms. The quantitative estimate of drug-likeness (QED) is 0.809. The lowest BCUT2D eigenvalue weighted by Crippen LogP contribution is -2.28. The molecule has 0 spiro atoms. The molecule has 2 aromatic carbocycles. The van der Waals surface area contributed by atoms with Gasteiger partial charge in [-0.2, -0.15) is 0 Å². The van der Waals surface area contributed by atoms with Gasteiger partial charge in [0.15, 0.2) is 0 Å². The van der Waals surface area contributed by atoms with Crippen LogP contribution in [0.2, 0.25) is 0 Å². The maximum atomic E-state index is 10.2. The summed E-state index contributed by atoms with van der Waals surface area (Å²) in [4.78, 5) is 0. The third-order valence-electron chi connectivity index (χ3n) is 3.76. The highest BCUT2D eigenvalue weighted by atomic mass is 79.9. The normalized spacial score (nSPS) is 20.9. The Bertz CT molecular complexity index is 630. The van der Waals surface area contributed by atoms with Crippen LogP contribution < -0.4 is 5.32 Å². The van der Waals surface area contributed by atoms with Gasteiger partial charge in [0.2, 0.25) is 0 Å². The number of nitrogens with one attached hydrogen (secondary N) is 1. The van der Waals surface area contributed by atoms with Gasteiger partial charge in [-0.15, -0.1) is 0 Å². The number of hydrogen-bond acceptors (Lipinski definition) is 3. The number of phenols is 1. The molecule has 2 unspecified atom stereocenters. The SMILES string of the molecule is Oc1ccc(Br)cc1CNC1c2ccccc2CC1O. The monoisotopic (exact) mass is 333 g/mol. The van der Waals surface area contributed by atoms with E-state index in [0.717, 1.165) is 15.6 Å². The molecule has 104 valence electrons. The Kier molecular flexibility index (Phi) is 3.78. The van der Waals surface area contributed by atoms with Crippen LogP contribution in [0.1, 0.15) is 22.7 Å². The van der Waals surface area contributed by atoms with Gasteiger partial charge in [0.1, 0.15) is 5.75 Å². The highest BCUT2D eigenvalue weighted by molar-refractivity contribution is 9.10. The smallest absolute Gasteiger partial charge is 0.120 e. The summed E-state index contributed by atoms with van der Waals surface area (Å²) in [5, 5.41) is 23.4. The van der Waals surface area contributed by atoms with E-state index in [0.29, 0.717) is 13.0 Å². The summed E-state index contributed by atoms with van der Waals surface area (Å²) in [5.41, 5.74) is 3.15. The fourth-order valence-corrected chi connectivity index (χ4v) is 3.14. The van der Waals surface area contributed by atoms with E-state index in [1.165, 1.54) is 5.56 Å². The van der Waals surface area contributed by atoms with Crippen LogP contribution in [0, 0.1) is 0 Å². The number of aliphatic hydroxyl groups is 1. The third-order valence-corrected chi connectivity index (χ3v) is 4.25. The van der Waals surface area contributed by atoms with Gasteiger partial charge >= 0.3 is 0 Å². The van der Waals surface area contributed by atoms with Crippen molar-refractivity contribution in [2.45, 2.75) is 25.1 Å². The molecular weight excluding hydrogens is 318 g/mol. The third kappa shape index (κ3) is 2.59. The molecule has 20 heavy (non-hydrogen) atoms. The first-order chi connectivity index (χ1) is 9.65. The molecule has 2 aromatic rings. The van der Waals surface area contributed by atoms with Gasteiger partial charge in [0, 0.05) is 23.0 Å². The zero-order valence-corrected chi connectivity index (χ0v) is 12.5. The van der Waals surface area contributed by atoms with E-state index >= 15 is 0 Å². The molecule has 1 aliphatic rings. The number of hydrogen-bond donors (Lipinski definition) is 3. The number of aromatic hydroxyl groups is 1. The summed E-state index contributed by atoms with van der Waals surface area (Å²) < 4.78 is 0.930. The molecule has 4 heteroatoms. The van der Waals surface area contributed by atoms with Crippen LogP contribution in [0.15, 0.2) is 46.9 Å². The van der Waals surface area contributed by atoms with Crippen molar-refractivity contribution in [1.29, 1.82) is 0 Å². The molecule has 3 N–H and O–H groups in total. The Labute approximate surface area is 126 Å². The Morgan fingerprint density at radius 2 is 2.00 bits per heavy atom. The van der Waals surface area contributed by atoms with E-state index in [-0.39, 0.29) is 11.8 Å². The number of fused-ring (bicyclic) bond motifs is 1. The molecule has 2 atom stereocenters. The van der Waals surface area contributed by atoms with Gasteiger partial charge in [-0.05, 0) is 29.3 Å². The second-order valence-corrected chi connectivity index (χ2v) is 6.02. The molecule has 0 saturated heterocycles. The molecule has 0 heterocycles. The summed E-state index contributed by atoms with van der Waals surface area (Å²) in [7, 11) is 0. The summed E-state index contributed by atoms with van der Waals surface area (Å²) >= 11 is 3.40. The summed E-state index contributed by atoms with van der Waals surface area (Å²) in [6.07, 6.45) is 0.264. The van der Waals surface area contributed by atoms with E-state index in [1.807, 2.05) is 24.3 Å². The van der Waals surface area contributed by atoms with E-state index in [2.05, 4.69) is 27.3 Å². The maximum Gasteiger partial charge on any atom is 0.120 e. The molecule has 0 saturated carbocycles. The first kappa shape index (κ1) is 13.6. The van der Waals surface area contributed by atoms with Crippen LogP contribution in [0.5, 0.6) is 5.75 Å². The predicted octanol–water partition coefficient (Wildman–Crippen LogP) is 2.90. The fraction of sp³-hybridized carbons (Fsp3) is 0.250. The number of aliphatic hydroxyl groups excluding tert-OH is 1. The lowest BCUT2D eigenvalue weighted by molar-refractivity contribution is 0.140. The van der Waals surface area contributed by atoms with Crippen LogP contribution in [0.4, 0.5) is 0 Å². The van der Waals surface area contributed by atoms with Gasteiger partial charge in [-0.25, -0.2) is 0 Å². The minimum Gasteiger partial charge on any atom is -0.508 e. The van der Waals surface area contributed by atoms with Crippen LogP contribution in [0.3, 0.4) is 0 Å². The Hall–Kier alpha value is -1.36. The van der Waals surface area contributed by atoms with Gasteiger partial charge in [-0.1, -0.05) is 40.2 Å². The van der Waals surface area contributed by atoms with Crippen molar-refractivity contribution in [3.63, 3.8) is 0 Å². The van der Waals surface area contributed by atoms with E-state index in [1.54, 1.807) is 12.1 Å². The van der Waals surface area contributed by atoms with Gasteiger partial charge in [-0.3, -0.25) is 0 Å². The molecule has 3 nitrogen and oxygen atoms in total.